The highest BCUT2D eigenvalue weighted by Gasteiger charge is 2.21. The predicted molar refractivity (Wildman–Crippen MR) is 86.5 cm³/mol. The lowest BCUT2D eigenvalue weighted by molar-refractivity contribution is 0.0945. The average Bonchev–Trinajstić information content (AvgIpc) is 3.24. The number of carbonyl (C=O) groups is 1. The van der Waals surface area contributed by atoms with Gasteiger partial charge in [0, 0.05) is 18.5 Å². The SMILES string of the molecule is Cc1nc(SCC(=O)c2ccc[nH]2)n(C[C@@H]2CCCO2)c1C. The molecule has 6 heteroatoms. The Morgan fingerprint density at radius 1 is 1.55 bits per heavy atom. The van der Waals surface area contributed by atoms with Crippen LogP contribution < -0.4 is 0 Å². The molecule has 1 aliphatic heterocycles. The van der Waals surface area contributed by atoms with Crippen LogP contribution in [0.15, 0.2) is 23.5 Å². The number of rotatable bonds is 6. The maximum atomic E-state index is 12.1. The molecule has 2 aromatic heterocycles. The van der Waals surface area contributed by atoms with Crippen LogP contribution in [0.25, 0.3) is 0 Å². The number of thioether (sulfide) groups is 1. The summed E-state index contributed by atoms with van der Waals surface area (Å²) in [5, 5.41) is 0.908. The van der Waals surface area contributed by atoms with Gasteiger partial charge in [-0.3, -0.25) is 4.79 Å². The molecule has 1 N–H and O–H groups in total. The van der Waals surface area contributed by atoms with Crippen LogP contribution >= 0.6 is 11.8 Å². The molecule has 5 nitrogen and oxygen atoms in total. The molecule has 1 saturated heterocycles. The van der Waals surface area contributed by atoms with E-state index in [0.29, 0.717) is 11.4 Å². The van der Waals surface area contributed by atoms with E-state index in [-0.39, 0.29) is 11.9 Å². The molecule has 1 aliphatic rings. The van der Waals surface area contributed by atoms with Gasteiger partial charge in [-0.1, -0.05) is 11.8 Å². The molecule has 2 aromatic rings. The number of nitrogens with one attached hydrogen (secondary N) is 1. The molecule has 0 aliphatic carbocycles. The van der Waals surface area contributed by atoms with Crippen molar-refractivity contribution in [3.05, 3.63) is 35.4 Å². The highest BCUT2D eigenvalue weighted by molar-refractivity contribution is 7.99. The second-order valence-electron chi connectivity index (χ2n) is 5.61. The van der Waals surface area contributed by atoms with Crippen LogP contribution in [-0.4, -0.2) is 38.8 Å². The van der Waals surface area contributed by atoms with E-state index in [4.69, 9.17) is 4.74 Å². The van der Waals surface area contributed by atoms with Crippen LogP contribution in [0.3, 0.4) is 0 Å². The van der Waals surface area contributed by atoms with E-state index in [2.05, 4.69) is 21.5 Å². The standard InChI is InChI=1S/C16H21N3O2S/c1-11-12(2)19(9-13-5-4-8-21-13)16(18-11)22-10-15(20)14-6-3-7-17-14/h3,6-7,13,17H,4-5,8-10H2,1-2H3/t13-/m0/s1. The fraction of sp³-hybridized carbons (Fsp3) is 0.500. The Balaban J connectivity index is 1.69. The first-order chi connectivity index (χ1) is 10.6. The zero-order valence-corrected chi connectivity index (χ0v) is 13.8. The molecular weight excluding hydrogens is 298 g/mol. The van der Waals surface area contributed by atoms with Gasteiger partial charge in [-0.2, -0.15) is 0 Å². The number of ether oxygens (including phenoxy) is 1. The fourth-order valence-corrected chi connectivity index (χ4v) is 3.64. The molecule has 22 heavy (non-hydrogen) atoms. The van der Waals surface area contributed by atoms with Crippen molar-refractivity contribution in [2.45, 2.75) is 44.5 Å². The summed E-state index contributed by atoms with van der Waals surface area (Å²) >= 11 is 1.50. The summed E-state index contributed by atoms with van der Waals surface area (Å²) in [6.45, 7) is 5.77. The summed E-state index contributed by atoms with van der Waals surface area (Å²) in [6.07, 6.45) is 4.27. The molecule has 0 radical (unpaired) electrons. The maximum Gasteiger partial charge on any atom is 0.189 e. The Labute approximate surface area is 134 Å². The first-order valence-corrected chi connectivity index (χ1v) is 8.58. The second kappa shape index (κ2) is 6.71. The Morgan fingerprint density at radius 3 is 3.09 bits per heavy atom. The number of Topliss-reactive ketones (excluding diaryl/α,β-unsaturated/α-hetero) is 1. The third-order valence-corrected chi connectivity index (χ3v) is 5.04. The third kappa shape index (κ3) is 3.28. The summed E-state index contributed by atoms with van der Waals surface area (Å²) < 4.78 is 7.92. The van der Waals surface area contributed by atoms with Crippen molar-refractivity contribution in [2.75, 3.05) is 12.4 Å². The fourth-order valence-electron chi connectivity index (χ4n) is 2.65. The van der Waals surface area contributed by atoms with Gasteiger partial charge in [-0.15, -0.1) is 0 Å². The van der Waals surface area contributed by atoms with Crippen molar-refractivity contribution in [2.24, 2.45) is 0 Å². The van der Waals surface area contributed by atoms with E-state index >= 15 is 0 Å². The van der Waals surface area contributed by atoms with Crippen molar-refractivity contribution in [1.82, 2.24) is 14.5 Å². The zero-order chi connectivity index (χ0) is 15.5. The van der Waals surface area contributed by atoms with Gasteiger partial charge in [0.2, 0.25) is 0 Å². The van der Waals surface area contributed by atoms with Crippen molar-refractivity contribution in [3.8, 4) is 0 Å². The minimum Gasteiger partial charge on any atom is -0.376 e. The molecule has 3 heterocycles. The monoisotopic (exact) mass is 319 g/mol. The number of H-pyrrole nitrogens is 1. The van der Waals surface area contributed by atoms with E-state index < -0.39 is 0 Å². The van der Waals surface area contributed by atoms with E-state index in [0.717, 1.165) is 42.5 Å². The van der Waals surface area contributed by atoms with Crippen LogP contribution in [0.1, 0.15) is 34.7 Å². The lowest BCUT2D eigenvalue weighted by Crippen LogP contribution is -2.17. The normalized spacial score (nSPS) is 18.0. The predicted octanol–water partition coefficient (Wildman–Crippen LogP) is 2.98. The molecule has 0 amide bonds. The smallest absolute Gasteiger partial charge is 0.189 e. The molecule has 0 saturated carbocycles. The highest BCUT2D eigenvalue weighted by atomic mass is 32.2. The highest BCUT2D eigenvalue weighted by Crippen LogP contribution is 2.24. The quantitative estimate of drug-likeness (QED) is 0.657. The number of imidazole rings is 1. The molecule has 118 valence electrons. The molecule has 0 spiro atoms. The number of carbonyl (C=O) groups excluding carboxylic acids is 1. The Bertz CT molecular complexity index is 643. The summed E-state index contributed by atoms with van der Waals surface area (Å²) in [6, 6.07) is 3.64. The van der Waals surface area contributed by atoms with Gasteiger partial charge >= 0.3 is 0 Å². The van der Waals surface area contributed by atoms with Crippen molar-refractivity contribution < 1.29 is 9.53 Å². The average molecular weight is 319 g/mol. The van der Waals surface area contributed by atoms with Gasteiger partial charge in [-0.25, -0.2) is 4.98 Å². The molecule has 1 fully saturated rings. The van der Waals surface area contributed by atoms with Crippen molar-refractivity contribution in [1.29, 1.82) is 0 Å². The number of aryl methyl sites for hydroxylation is 1. The van der Waals surface area contributed by atoms with E-state index in [9.17, 15) is 4.79 Å². The molecule has 0 bridgehead atoms. The van der Waals surface area contributed by atoms with E-state index in [1.165, 1.54) is 11.8 Å². The lowest BCUT2D eigenvalue weighted by Gasteiger charge is -2.14. The number of aromatic amines is 1. The van der Waals surface area contributed by atoms with Crippen LogP contribution in [0.2, 0.25) is 0 Å². The first kappa shape index (κ1) is 15.4. The Hall–Kier alpha value is -1.53. The maximum absolute atomic E-state index is 12.1. The summed E-state index contributed by atoms with van der Waals surface area (Å²) in [4.78, 5) is 19.7. The first-order valence-electron chi connectivity index (χ1n) is 7.60. The Kier molecular flexibility index (Phi) is 4.69. The topological polar surface area (TPSA) is 59.9 Å². The summed E-state index contributed by atoms with van der Waals surface area (Å²) in [5.41, 5.74) is 2.83. The molecule has 3 rings (SSSR count). The number of nitrogens with zero attached hydrogens (tertiary/aromatic N) is 2. The van der Waals surface area contributed by atoms with Gasteiger partial charge in [0.15, 0.2) is 10.9 Å². The second-order valence-corrected chi connectivity index (χ2v) is 6.55. The molecule has 0 unspecified atom stereocenters. The van der Waals surface area contributed by atoms with Gasteiger partial charge in [0.1, 0.15) is 0 Å². The third-order valence-electron chi connectivity index (χ3n) is 4.06. The number of aromatic nitrogens is 3. The van der Waals surface area contributed by atoms with Gasteiger partial charge in [-0.05, 0) is 38.8 Å². The van der Waals surface area contributed by atoms with Crippen LogP contribution in [0.5, 0.6) is 0 Å². The largest absolute Gasteiger partial charge is 0.376 e. The van der Waals surface area contributed by atoms with Crippen LogP contribution in [-0.2, 0) is 11.3 Å². The number of hydrogen-bond donors (Lipinski definition) is 1. The summed E-state index contributed by atoms with van der Waals surface area (Å²) in [5.74, 6) is 0.485. The minimum absolute atomic E-state index is 0.0944. The molecule has 0 aromatic carbocycles. The van der Waals surface area contributed by atoms with E-state index in [1.54, 1.807) is 12.3 Å². The van der Waals surface area contributed by atoms with Gasteiger partial charge < -0.3 is 14.3 Å². The number of hydrogen-bond acceptors (Lipinski definition) is 4. The number of ketones is 1. The molecular formula is C16H21N3O2S. The minimum atomic E-state index is 0.0944. The Morgan fingerprint density at radius 2 is 2.41 bits per heavy atom. The zero-order valence-electron chi connectivity index (χ0n) is 13.0. The van der Waals surface area contributed by atoms with Crippen LogP contribution in [0, 0.1) is 13.8 Å². The van der Waals surface area contributed by atoms with E-state index in [1.807, 2.05) is 13.0 Å². The summed E-state index contributed by atoms with van der Waals surface area (Å²) in [7, 11) is 0. The van der Waals surface area contributed by atoms with Crippen molar-refractivity contribution >= 4 is 17.5 Å². The van der Waals surface area contributed by atoms with Gasteiger partial charge in [0.25, 0.3) is 0 Å². The van der Waals surface area contributed by atoms with Crippen LogP contribution in [0.4, 0.5) is 0 Å². The van der Waals surface area contributed by atoms with Crippen molar-refractivity contribution in [3.63, 3.8) is 0 Å². The van der Waals surface area contributed by atoms with Gasteiger partial charge in [0.05, 0.1) is 29.8 Å². The lowest BCUT2D eigenvalue weighted by atomic mass is 10.2. The molecule has 1 atom stereocenters.